The van der Waals surface area contributed by atoms with Gasteiger partial charge in [0.1, 0.15) is 0 Å². The molecule has 1 nitrogen and oxygen atoms in total. The van der Waals surface area contributed by atoms with Crippen LogP contribution in [0.5, 0.6) is 0 Å². The summed E-state index contributed by atoms with van der Waals surface area (Å²) in [7, 11) is 0. The molecule has 0 spiro atoms. The van der Waals surface area contributed by atoms with Crippen LogP contribution in [0.2, 0.25) is 0 Å². The molecule has 1 aromatic carbocycles. The van der Waals surface area contributed by atoms with Crippen LogP contribution in [-0.2, 0) is 6.42 Å². The Kier molecular flexibility index (Phi) is 3.11. The number of hydrogen-bond donors (Lipinski definition) is 1. The first kappa shape index (κ1) is 10.7. The van der Waals surface area contributed by atoms with Crippen LogP contribution in [0.15, 0.2) is 12.1 Å². The van der Waals surface area contributed by atoms with Crippen molar-refractivity contribution in [3.05, 3.63) is 34.4 Å². The van der Waals surface area contributed by atoms with Gasteiger partial charge in [0.25, 0.3) is 0 Å². The molecule has 1 heteroatoms. The number of hydrogen-bond acceptors (Lipinski definition) is 1. The van der Waals surface area contributed by atoms with Gasteiger partial charge >= 0.3 is 0 Å². The van der Waals surface area contributed by atoms with Gasteiger partial charge in [0, 0.05) is 6.04 Å². The highest BCUT2D eigenvalue weighted by Crippen LogP contribution is 2.35. The fraction of sp³-hybridized carbons (Fsp3) is 0.571. The van der Waals surface area contributed by atoms with Crippen LogP contribution < -0.4 is 5.32 Å². The maximum atomic E-state index is 3.66. The van der Waals surface area contributed by atoms with E-state index >= 15 is 0 Å². The summed E-state index contributed by atoms with van der Waals surface area (Å²) in [5.41, 5.74) is 6.12. The van der Waals surface area contributed by atoms with Crippen molar-refractivity contribution in [2.75, 3.05) is 6.54 Å². The van der Waals surface area contributed by atoms with Gasteiger partial charge in [-0.15, -0.1) is 0 Å². The standard InChI is InChI=1S/C14H21N/c1-4-9-15-13-8-7-12-10(2)5-6-11(3)14(12)13/h5-6,13,15H,4,7-9H2,1-3H3. The highest BCUT2D eigenvalue weighted by molar-refractivity contribution is 5.45. The van der Waals surface area contributed by atoms with Crippen LogP contribution in [0, 0.1) is 13.8 Å². The van der Waals surface area contributed by atoms with Crippen LogP contribution in [0.1, 0.15) is 48.1 Å². The molecule has 0 saturated heterocycles. The molecule has 0 amide bonds. The third-order valence-corrected chi connectivity index (χ3v) is 3.48. The van der Waals surface area contributed by atoms with Gasteiger partial charge < -0.3 is 5.32 Å². The van der Waals surface area contributed by atoms with Crippen LogP contribution in [0.25, 0.3) is 0 Å². The summed E-state index contributed by atoms with van der Waals surface area (Å²) in [6, 6.07) is 5.14. The van der Waals surface area contributed by atoms with Crippen molar-refractivity contribution in [3.8, 4) is 0 Å². The molecule has 1 aliphatic carbocycles. The molecule has 15 heavy (non-hydrogen) atoms. The summed E-state index contributed by atoms with van der Waals surface area (Å²) in [5, 5.41) is 3.66. The molecule has 1 aliphatic rings. The van der Waals surface area contributed by atoms with E-state index in [4.69, 9.17) is 0 Å². The van der Waals surface area contributed by atoms with E-state index in [0.717, 1.165) is 6.54 Å². The van der Waals surface area contributed by atoms with E-state index in [1.54, 1.807) is 11.1 Å². The quantitative estimate of drug-likeness (QED) is 0.795. The molecular formula is C14H21N. The Labute approximate surface area is 92.9 Å². The Morgan fingerprint density at radius 1 is 1.27 bits per heavy atom. The van der Waals surface area contributed by atoms with Crippen molar-refractivity contribution in [1.29, 1.82) is 0 Å². The third kappa shape index (κ3) is 1.93. The summed E-state index contributed by atoms with van der Waals surface area (Å²) in [4.78, 5) is 0. The second-order valence-electron chi connectivity index (χ2n) is 4.64. The zero-order chi connectivity index (χ0) is 10.8. The molecule has 82 valence electrons. The van der Waals surface area contributed by atoms with E-state index in [-0.39, 0.29) is 0 Å². The second-order valence-corrected chi connectivity index (χ2v) is 4.64. The zero-order valence-electron chi connectivity index (χ0n) is 10.1. The minimum Gasteiger partial charge on any atom is -0.310 e. The van der Waals surface area contributed by atoms with Gasteiger partial charge in [-0.1, -0.05) is 19.1 Å². The Morgan fingerprint density at radius 3 is 2.73 bits per heavy atom. The van der Waals surface area contributed by atoms with Crippen LogP contribution in [0.4, 0.5) is 0 Å². The van der Waals surface area contributed by atoms with Crippen molar-refractivity contribution in [2.45, 2.75) is 46.1 Å². The first-order valence-electron chi connectivity index (χ1n) is 6.06. The van der Waals surface area contributed by atoms with Crippen molar-refractivity contribution in [2.24, 2.45) is 0 Å². The largest absolute Gasteiger partial charge is 0.310 e. The molecule has 0 aliphatic heterocycles. The molecule has 0 aromatic heterocycles. The lowest BCUT2D eigenvalue weighted by Crippen LogP contribution is -2.20. The Bertz CT molecular complexity index is 355. The average molecular weight is 203 g/mol. The molecule has 1 unspecified atom stereocenters. The van der Waals surface area contributed by atoms with Gasteiger partial charge in [0.2, 0.25) is 0 Å². The summed E-state index contributed by atoms with van der Waals surface area (Å²) in [5.74, 6) is 0. The minimum absolute atomic E-state index is 0.611. The third-order valence-electron chi connectivity index (χ3n) is 3.48. The van der Waals surface area contributed by atoms with Gasteiger partial charge in [0.15, 0.2) is 0 Å². The minimum atomic E-state index is 0.611. The summed E-state index contributed by atoms with van der Waals surface area (Å²) in [6.07, 6.45) is 3.75. The van der Waals surface area contributed by atoms with E-state index in [9.17, 15) is 0 Å². The smallest absolute Gasteiger partial charge is 0.0328 e. The number of nitrogens with one attached hydrogen (secondary N) is 1. The molecule has 0 fully saturated rings. The summed E-state index contributed by atoms with van der Waals surface area (Å²) >= 11 is 0. The second kappa shape index (κ2) is 4.36. The Hall–Kier alpha value is -0.820. The topological polar surface area (TPSA) is 12.0 Å². The lowest BCUT2D eigenvalue weighted by atomic mass is 9.98. The van der Waals surface area contributed by atoms with Gasteiger partial charge in [-0.05, 0) is 61.9 Å². The highest BCUT2D eigenvalue weighted by atomic mass is 14.9. The van der Waals surface area contributed by atoms with Crippen molar-refractivity contribution < 1.29 is 0 Å². The fourth-order valence-corrected chi connectivity index (χ4v) is 2.66. The Morgan fingerprint density at radius 2 is 2.00 bits per heavy atom. The van der Waals surface area contributed by atoms with Crippen LogP contribution in [-0.4, -0.2) is 6.54 Å². The summed E-state index contributed by atoms with van der Waals surface area (Å²) in [6.45, 7) is 7.84. The predicted molar refractivity (Wildman–Crippen MR) is 65.3 cm³/mol. The first-order chi connectivity index (χ1) is 7.24. The maximum Gasteiger partial charge on any atom is 0.0328 e. The number of fused-ring (bicyclic) bond motifs is 1. The molecule has 0 radical (unpaired) electrons. The molecule has 2 rings (SSSR count). The highest BCUT2D eigenvalue weighted by Gasteiger charge is 2.24. The molecule has 1 aromatic rings. The van der Waals surface area contributed by atoms with Gasteiger partial charge in [0.05, 0.1) is 0 Å². The lowest BCUT2D eigenvalue weighted by molar-refractivity contribution is 0.527. The monoisotopic (exact) mass is 203 g/mol. The van der Waals surface area contributed by atoms with E-state index in [2.05, 4.69) is 38.2 Å². The van der Waals surface area contributed by atoms with E-state index in [0.29, 0.717) is 6.04 Å². The molecule has 0 heterocycles. The first-order valence-corrected chi connectivity index (χ1v) is 6.06. The molecular weight excluding hydrogens is 182 g/mol. The molecule has 1 atom stereocenters. The van der Waals surface area contributed by atoms with Gasteiger partial charge in [-0.2, -0.15) is 0 Å². The number of benzene rings is 1. The van der Waals surface area contributed by atoms with Crippen molar-refractivity contribution in [3.63, 3.8) is 0 Å². The molecule has 0 saturated carbocycles. The zero-order valence-corrected chi connectivity index (χ0v) is 10.1. The van der Waals surface area contributed by atoms with Gasteiger partial charge in [-0.3, -0.25) is 0 Å². The van der Waals surface area contributed by atoms with Crippen LogP contribution in [0.3, 0.4) is 0 Å². The van der Waals surface area contributed by atoms with Crippen molar-refractivity contribution in [1.82, 2.24) is 5.32 Å². The number of rotatable bonds is 3. The molecule has 1 N–H and O–H groups in total. The van der Waals surface area contributed by atoms with E-state index in [1.165, 1.54) is 30.4 Å². The lowest BCUT2D eigenvalue weighted by Gasteiger charge is -2.16. The van der Waals surface area contributed by atoms with Gasteiger partial charge in [-0.25, -0.2) is 0 Å². The predicted octanol–water partition coefficient (Wildman–Crippen LogP) is 3.29. The average Bonchev–Trinajstić information content (AvgIpc) is 2.65. The number of aryl methyl sites for hydroxylation is 2. The normalized spacial score (nSPS) is 19.3. The van der Waals surface area contributed by atoms with E-state index in [1.807, 2.05) is 0 Å². The SMILES string of the molecule is CCCNC1CCc2c(C)ccc(C)c21. The Balaban J connectivity index is 2.28. The summed E-state index contributed by atoms with van der Waals surface area (Å²) < 4.78 is 0. The maximum absolute atomic E-state index is 3.66. The van der Waals surface area contributed by atoms with E-state index < -0.39 is 0 Å². The van der Waals surface area contributed by atoms with Crippen LogP contribution >= 0.6 is 0 Å². The fourth-order valence-electron chi connectivity index (χ4n) is 2.66. The van der Waals surface area contributed by atoms with Crippen molar-refractivity contribution >= 4 is 0 Å². The molecule has 0 bridgehead atoms.